The van der Waals surface area contributed by atoms with Gasteiger partial charge in [-0.15, -0.1) is 0 Å². The van der Waals surface area contributed by atoms with Crippen LogP contribution >= 0.6 is 15.9 Å². The Kier molecular flexibility index (Phi) is 6.56. The molecule has 0 saturated heterocycles. The molecule has 0 amide bonds. The molecule has 1 aromatic rings. The van der Waals surface area contributed by atoms with Crippen LogP contribution in [0, 0.1) is 5.92 Å². The van der Waals surface area contributed by atoms with E-state index < -0.39 is 0 Å². The number of aromatic nitrogens is 2. The summed E-state index contributed by atoms with van der Waals surface area (Å²) in [6.45, 7) is 6.45. The van der Waals surface area contributed by atoms with Gasteiger partial charge in [0.15, 0.2) is 0 Å². The number of halogens is 1. The van der Waals surface area contributed by atoms with Crippen LogP contribution in [0.2, 0.25) is 0 Å². The first kappa shape index (κ1) is 16.0. The minimum absolute atomic E-state index is 0.446. The molecule has 1 aliphatic carbocycles. The number of nitrogens with zero attached hydrogens (tertiary/aromatic N) is 2. The number of rotatable bonds is 6. The van der Waals surface area contributed by atoms with Gasteiger partial charge in [-0.1, -0.05) is 39.5 Å². The van der Waals surface area contributed by atoms with Crippen molar-refractivity contribution in [2.75, 3.05) is 6.54 Å². The van der Waals surface area contributed by atoms with Gasteiger partial charge in [-0.25, -0.2) is 0 Å². The van der Waals surface area contributed by atoms with E-state index in [2.05, 4.69) is 44.9 Å². The first-order valence-corrected chi connectivity index (χ1v) is 9.01. The Labute approximate surface area is 131 Å². The summed E-state index contributed by atoms with van der Waals surface area (Å²) in [5, 5.41) is 8.29. The molecular weight excluding hydrogens is 314 g/mol. The second kappa shape index (κ2) is 8.18. The maximum atomic E-state index is 4.56. The van der Waals surface area contributed by atoms with E-state index in [0.29, 0.717) is 6.04 Å². The van der Waals surface area contributed by atoms with E-state index in [1.54, 1.807) is 0 Å². The molecule has 4 heteroatoms. The number of hydrogen-bond acceptors (Lipinski definition) is 2. The van der Waals surface area contributed by atoms with Crippen LogP contribution < -0.4 is 5.32 Å². The van der Waals surface area contributed by atoms with Crippen molar-refractivity contribution in [1.29, 1.82) is 0 Å². The molecule has 1 heterocycles. The fraction of sp³-hybridized carbons (Fsp3) is 0.812. The molecule has 114 valence electrons. The predicted octanol–water partition coefficient (Wildman–Crippen LogP) is 4.68. The quantitative estimate of drug-likeness (QED) is 0.761. The van der Waals surface area contributed by atoms with Crippen LogP contribution in [-0.4, -0.2) is 16.3 Å². The van der Waals surface area contributed by atoms with Gasteiger partial charge in [-0.3, -0.25) is 4.68 Å². The number of aryl methyl sites for hydroxylation is 1. The summed E-state index contributed by atoms with van der Waals surface area (Å²) in [7, 11) is 0. The molecule has 2 rings (SSSR count). The van der Waals surface area contributed by atoms with Gasteiger partial charge in [0.2, 0.25) is 0 Å². The summed E-state index contributed by atoms with van der Waals surface area (Å²) >= 11 is 3.72. The van der Waals surface area contributed by atoms with Crippen LogP contribution in [0.1, 0.15) is 70.5 Å². The van der Waals surface area contributed by atoms with Crippen molar-refractivity contribution in [1.82, 2.24) is 15.1 Å². The van der Waals surface area contributed by atoms with E-state index in [9.17, 15) is 0 Å². The second-order valence-corrected chi connectivity index (χ2v) is 6.74. The summed E-state index contributed by atoms with van der Waals surface area (Å²) in [5.74, 6) is 0.751. The second-order valence-electron chi connectivity index (χ2n) is 5.89. The lowest BCUT2D eigenvalue weighted by Gasteiger charge is -2.28. The molecule has 1 aromatic heterocycles. The minimum atomic E-state index is 0.446. The lowest BCUT2D eigenvalue weighted by Crippen LogP contribution is -2.30. The minimum Gasteiger partial charge on any atom is -0.309 e. The van der Waals surface area contributed by atoms with Crippen LogP contribution in [0.4, 0.5) is 0 Å². The fourth-order valence-corrected chi connectivity index (χ4v) is 3.96. The van der Waals surface area contributed by atoms with E-state index >= 15 is 0 Å². The van der Waals surface area contributed by atoms with Gasteiger partial charge >= 0.3 is 0 Å². The summed E-state index contributed by atoms with van der Waals surface area (Å²) in [5.41, 5.74) is 1.36. The van der Waals surface area contributed by atoms with Crippen molar-refractivity contribution < 1.29 is 0 Å². The van der Waals surface area contributed by atoms with Gasteiger partial charge < -0.3 is 5.32 Å². The van der Waals surface area contributed by atoms with Crippen molar-refractivity contribution in [2.24, 2.45) is 5.92 Å². The Morgan fingerprint density at radius 1 is 1.30 bits per heavy atom. The Morgan fingerprint density at radius 3 is 2.60 bits per heavy atom. The summed E-state index contributed by atoms with van der Waals surface area (Å²) in [6, 6.07) is 0.446. The van der Waals surface area contributed by atoms with Gasteiger partial charge in [0, 0.05) is 6.54 Å². The molecule has 0 spiro atoms. The zero-order valence-corrected chi connectivity index (χ0v) is 14.5. The molecule has 1 unspecified atom stereocenters. The topological polar surface area (TPSA) is 29.9 Å². The van der Waals surface area contributed by atoms with Crippen molar-refractivity contribution in [3.63, 3.8) is 0 Å². The Balaban J connectivity index is 2.24. The molecule has 3 nitrogen and oxygen atoms in total. The first-order chi connectivity index (χ1) is 9.77. The maximum Gasteiger partial charge on any atom is 0.0698 e. The molecule has 0 aliphatic heterocycles. The molecule has 0 radical (unpaired) electrons. The van der Waals surface area contributed by atoms with Crippen molar-refractivity contribution in [3.05, 3.63) is 16.4 Å². The van der Waals surface area contributed by atoms with E-state index in [1.165, 1.54) is 48.7 Å². The average molecular weight is 342 g/mol. The van der Waals surface area contributed by atoms with Gasteiger partial charge in [-0.2, -0.15) is 5.10 Å². The maximum absolute atomic E-state index is 4.56. The normalized spacial score (nSPS) is 18.9. The Hall–Kier alpha value is -0.350. The lowest BCUT2D eigenvalue weighted by molar-refractivity contribution is 0.311. The standard InChI is InChI=1S/C16H28BrN3/c1-3-11-20-16(14(17)12-19-20)15(18-4-2)13-9-7-5-6-8-10-13/h12-13,15,18H,3-11H2,1-2H3. The van der Waals surface area contributed by atoms with Gasteiger partial charge in [0.05, 0.1) is 22.4 Å². The third-order valence-corrected chi connectivity index (χ3v) is 4.97. The SMILES string of the molecule is CCCn1ncc(Br)c1C(NCC)C1CCCCCC1. The zero-order chi connectivity index (χ0) is 14.4. The third kappa shape index (κ3) is 3.85. The molecule has 0 aromatic carbocycles. The Bertz CT molecular complexity index is 394. The van der Waals surface area contributed by atoms with Crippen molar-refractivity contribution in [3.8, 4) is 0 Å². The third-order valence-electron chi connectivity index (χ3n) is 4.36. The first-order valence-electron chi connectivity index (χ1n) is 8.22. The molecule has 1 fully saturated rings. The highest BCUT2D eigenvalue weighted by Crippen LogP contribution is 2.36. The molecule has 0 bridgehead atoms. The fourth-order valence-electron chi connectivity index (χ4n) is 3.42. The van der Waals surface area contributed by atoms with Crippen LogP contribution in [0.25, 0.3) is 0 Å². The lowest BCUT2D eigenvalue weighted by atomic mass is 9.89. The summed E-state index contributed by atoms with van der Waals surface area (Å²) in [4.78, 5) is 0. The van der Waals surface area contributed by atoms with Crippen molar-refractivity contribution in [2.45, 2.75) is 71.4 Å². The van der Waals surface area contributed by atoms with Gasteiger partial charge in [0.1, 0.15) is 0 Å². The van der Waals surface area contributed by atoms with E-state index in [-0.39, 0.29) is 0 Å². The van der Waals surface area contributed by atoms with Gasteiger partial charge in [0.25, 0.3) is 0 Å². The van der Waals surface area contributed by atoms with Crippen LogP contribution in [0.15, 0.2) is 10.7 Å². The largest absolute Gasteiger partial charge is 0.309 e. The molecule has 1 N–H and O–H groups in total. The smallest absolute Gasteiger partial charge is 0.0698 e. The molecule has 1 atom stereocenters. The zero-order valence-electron chi connectivity index (χ0n) is 12.9. The highest BCUT2D eigenvalue weighted by molar-refractivity contribution is 9.10. The predicted molar refractivity (Wildman–Crippen MR) is 87.8 cm³/mol. The van der Waals surface area contributed by atoms with Crippen LogP contribution in [0.5, 0.6) is 0 Å². The number of hydrogen-bond donors (Lipinski definition) is 1. The average Bonchev–Trinajstić information content (AvgIpc) is 2.68. The highest BCUT2D eigenvalue weighted by atomic mass is 79.9. The van der Waals surface area contributed by atoms with E-state index in [4.69, 9.17) is 0 Å². The van der Waals surface area contributed by atoms with Crippen molar-refractivity contribution >= 4 is 15.9 Å². The molecular formula is C16H28BrN3. The summed E-state index contributed by atoms with van der Waals surface area (Å²) in [6.07, 6.45) is 11.4. The molecule has 20 heavy (non-hydrogen) atoms. The van der Waals surface area contributed by atoms with Gasteiger partial charge in [-0.05, 0) is 47.7 Å². The van der Waals surface area contributed by atoms with Crippen LogP contribution in [0.3, 0.4) is 0 Å². The summed E-state index contributed by atoms with van der Waals surface area (Å²) < 4.78 is 3.36. The Morgan fingerprint density at radius 2 is 2.00 bits per heavy atom. The monoisotopic (exact) mass is 341 g/mol. The van der Waals surface area contributed by atoms with Crippen LogP contribution in [-0.2, 0) is 6.54 Å². The van der Waals surface area contributed by atoms with E-state index in [1.807, 2.05) is 6.20 Å². The van der Waals surface area contributed by atoms with E-state index in [0.717, 1.165) is 25.4 Å². The molecule has 1 aliphatic rings. The highest BCUT2D eigenvalue weighted by Gasteiger charge is 2.28. The number of nitrogens with one attached hydrogen (secondary N) is 1. The molecule has 1 saturated carbocycles.